The molecule has 1 saturated carbocycles. The lowest BCUT2D eigenvalue weighted by Crippen LogP contribution is -2.41. The number of esters is 2. The molecule has 1 N–H and O–H groups in total. The van der Waals surface area contributed by atoms with E-state index < -0.39 is 36.9 Å². The van der Waals surface area contributed by atoms with E-state index in [1.54, 1.807) is 6.92 Å². The maximum absolute atomic E-state index is 13.8. The van der Waals surface area contributed by atoms with Crippen molar-refractivity contribution >= 4 is 35.1 Å². The number of hydrogen-bond donors (Lipinski definition) is 1. The Hall–Kier alpha value is -4.66. The summed E-state index contributed by atoms with van der Waals surface area (Å²) in [5.74, 6) is -1.12. The van der Waals surface area contributed by atoms with Gasteiger partial charge in [0.15, 0.2) is 11.5 Å². The Bertz CT molecular complexity index is 1550. The van der Waals surface area contributed by atoms with Crippen molar-refractivity contribution in [3.8, 4) is 17.3 Å². The number of aryl methyl sites for hydroxylation is 1. The fourth-order valence-electron chi connectivity index (χ4n) is 5.77. The molecule has 2 atom stereocenters. The maximum atomic E-state index is 13.8. The van der Waals surface area contributed by atoms with Gasteiger partial charge in [0.1, 0.15) is 24.0 Å². The summed E-state index contributed by atoms with van der Waals surface area (Å²) in [6, 6.07) is 7.48. The number of aromatic amines is 1. The number of aromatic nitrogens is 3. The van der Waals surface area contributed by atoms with Gasteiger partial charge < -0.3 is 14.2 Å². The van der Waals surface area contributed by atoms with Gasteiger partial charge in [-0.3, -0.25) is 19.6 Å². The first-order valence-corrected chi connectivity index (χ1v) is 14.3. The first-order chi connectivity index (χ1) is 20.4. The first kappa shape index (κ1) is 31.3. The molecule has 0 radical (unpaired) electrons. The van der Waals surface area contributed by atoms with E-state index in [4.69, 9.17) is 20.8 Å². The Morgan fingerprint density at radius 2 is 1.74 bits per heavy atom. The van der Waals surface area contributed by atoms with Crippen LogP contribution < -0.4 is 4.74 Å². The molecule has 12 nitrogen and oxygen atoms in total. The predicted octanol–water partition coefficient (Wildman–Crippen LogP) is 5.37. The maximum Gasteiger partial charge on any atom is 0.416 e. The zero-order valence-electron chi connectivity index (χ0n) is 25.3. The van der Waals surface area contributed by atoms with Crippen LogP contribution in [0.1, 0.15) is 63.4 Å². The second kappa shape index (κ2) is 13.1. The van der Waals surface area contributed by atoms with Crippen molar-refractivity contribution in [2.24, 2.45) is 17.8 Å². The topological polar surface area (TPSA) is 137 Å². The van der Waals surface area contributed by atoms with E-state index in [2.05, 4.69) is 21.9 Å². The number of nitrogens with zero attached hydrogens (tertiary/aromatic N) is 4. The van der Waals surface area contributed by atoms with Crippen LogP contribution in [-0.2, 0) is 19.1 Å². The van der Waals surface area contributed by atoms with Gasteiger partial charge in [0.05, 0.1) is 19.7 Å². The number of ether oxygens (including phenoxy) is 3. The Balaban J connectivity index is 1.78. The number of H-pyrrole nitrogens is 1. The van der Waals surface area contributed by atoms with E-state index >= 15 is 0 Å². The molecule has 1 aliphatic rings. The van der Waals surface area contributed by atoms with Crippen molar-refractivity contribution in [2.45, 2.75) is 60.5 Å². The molecule has 228 valence electrons. The van der Waals surface area contributed by atoms with Gasteiger partial charge in [-0.1, -0.05) is 50.6 Å². The van der Waals surface area contributed by atoms with Crippen LogP contribution in [0.15, 0.2) is 24.3 Å². The Labute approximate surface area is 250 Å². The fraction of sp³-hybridized carbons (Fsp3) is 0.484. The molecular weight excluding hydrogens is 554 g/mol. The van der Waals surface area contributed by atoms with Crippen LogP contribution in [-0.4, -0.2) is 69.1 Å². The van der Waals surface area contributed by atoms with Gasteiger partial charge >= 0.3 is 18.0 Å². The van der Waals surface area contributed by atoms with E-state index in [0.29, 0.717) is 17.3 Å². The molecule has 0 spiro atoms. The molecule has 1 amide bonds. The van der Waals surface area contributed by atoms with Crippen molar-refractivity contribution < 1.29 is 33.4 Å². The van der Waals surface area contributed by atoms with Crippen LogP contribution in [0, 0.1) is 31.2 Å². The van der Waals surface area contributed by atoms with Crippen LogP contribution in [0.25, 0.3) is 21.9 Å². The second-order valence-electron chi connectivity index (χ2n) is 11.4. The lowest BCUT2D eigenvalue weighted by atomic mass is 9.75. The molecule has 12 heteroatoms. The molecule has 1 fully saturated rings. The zero-order chi connectivity index (χ0) is 31.4. The summed E-state index contributed by atoms with van der Waals surface area (Å²) < 4.78 is 17.8. The summed E-state index contributed by atoms with van der Waals surface area (Å²) in [6.07, 6.45) is 0.355. The standard InChI is InChI=1S/C31H37N5O7/c1-8-41-23(38)16-35(15-21(6)37)31(40)43-29-25(32-7)24(30(39)42-26-19(4)13-18(3)14-20(26)5)28-33-27(34-36(28)29)22-11-9-17(2)10-12-22/h9-12,18-20,26H,8,13-16H2,1-6H3,(H,33,34). The third kappa shape index (κ3) is 6.88. The number of benzene rings is 1. The molecule has 0 bridgehead atoms. The van der Waals surface area contributed by atoms with Gasteiger partial charge in [0, 0.05) is 5.56 Å². The largest absolute Gasteiger partial charge is 0.465 e. The molecule has 1 aromatic carbocycles. The molecule has 0 saturated heterocycles. The van der Waals surface area contributed by atoms with E-state index in [1.807, 2.05) is 45.0 Å². The summed E-state index contributed by atoms with van der Waals surface area (Å²) >= 11 is 0. The van der Waals surface area contributed by atoms with Crippen LogP contribution in [0.2, 0.25) is 0 Å². The molecule has 43 heavy (non-hydrogen) atoms. The highest BCUT2D eigenvalue weighted by atomic mass is 16.6. The average Bonchev–Trinajstić information content (AvgIpc) is 3.48. The number of ketones is 1. The number of Topliss-reactive ketones (excluding diaryl/α,β-unsaturated/α-hetero) is 1. The smallest absolute Gasteiger partial charge is 0.416 e. The lowest BCUT2D eigenvalue weighted by molar-refractivity contribution is -0.144. The number of nitrogens with one attached hydrogen (secondary N) is 1. The molecule has 4 rings (SSSR count). The first-order valence-electron chi connectivity index (χ1n) is 14.3. The van der Waals surface area contributed by atoms with Gasteiger partial charge in [0.25, 0.3) is 5.69 Å². The van der Waals surface area contributed by atoms with Crippen LogP contribution in [0.3, 0.4) is 0 Å². The molecule has 0 aliphatic heterocycles. The number of amides is 1. The number of fused-ring (bicyclic) bond motifs is 1. The van der Waals surface area contributed by atoms with E-state index in [0.717, 1.165) is 23.3 Å². The monoisotopic (exact) mass is 591 g/mol. The summed E-state index contributed by atoms with van der Waals surface area (Å²) in [5, 5.41) is 3.02. The van der Waals surface area contributed by atoms with Gasteiger partial charge in [-0.05, 0) is 51.4 Å². The number of rotatable bonds is 9. The average molecular weight is 592 g/mol. The Morgan fingerprint density at radius 3 is 2.33 bits per heavy atom. The molecule has 1 aliphatic carbocycles. The molecule has 2 heterocycles. The third-order valence-electron chi connectivity index (χ3n) is 7.55. The van der Waals surface area contributed by atoms with E-state index in [-0.39, 0.29) is 47.3 Å². The van der Waals surface area contributed by atoms with Gasteiger partial charge in [-0.15, -0.1) is 0 Å². The molecule has 2 unspecified atom stereocenters. The minimum atomic E-state index is -1.08. The van der Waals surface area contributed by atoms with E-state index in [1.165, 1.54) is 11.4 Å². The highest BCUT2D eigenvalue weighted by Gasteiger charge is 2.38. The number of carbonyl (C=O) groups is 4. The van der Waals surface area contributed by atoms with Crippen molar-refractivity contribution in [3.05, 3.63) is 46.8 Å². The van der Waals surface area contributed by atoms with Crippen LogP contribution >= 0.6 is 0 Å². The molecule has 3 aromatic rings. The Morgan fingerprint density at radius 1 is 1.09 bits per heavy atom. The summed E-state index contributed by atoms with van der Waals surface area (Å²) in [5.41, 5.74) is 1.35. The van der Waals surface area contributed by atoms with Crippen LogP contribution in [0.5, 0.6) is 5.88 Å². The normalized spacial score (nSPS) is 19.8. The summed E-state index contributed by atoms with van der Waals surface area (Å²) in [4.78, 5) is 60.1. The zero-order valence-corrected chi connectivity index (χ0v) is 25.3. The lowest BCUT2D eigenvalue weighted by Gasteiger charge is -2.37. The van der Waals surface area contributed by atoms with Gasteiger partial charge in [0.2, 0.25) is 5.88 Å². The third-order valence-corrected chi connectivity index (χ3v) is 7.55. The summed E-state index contributed by atoms with van der Waals surface area (Å²) in [6.45, 7) is 18.1. The minimum Gasteiger partial charge on any atom is -0.465 e. The summed E-state index contributed by atoms with van der Waals surface area (Å²) in [7, 11) is 0. The van der Waals surface area contributed by atoms with Crippen molar-refractivity contribution in [3.63, 3.8) is 0 Å². The Kier molecular flexibility index (Phi) is 9.53. The SMILES string of the molecule is [C-]#[N+]c1c(C(=O)OC2C(C)CC(C)CC2C)c2nc(-c3ccc(C)cc3)[nH]n2c1OC(=O)N(CC(C)=O)CC(=O)OCC. The number of hydrogen-bond acceptors (Lipinski definition) is 8. The highest BCUT2D eigenvalue weighted by molar-refractivity contribution is 6.05. The van der Waals surface area contributed by atoms with Crippen molar-refractivity contribution in [2.75, 3.05) is 19.7 Å². The molecule has 2 aromatic heterocycles. The fourth-order valence-corrected chi connectivity index (χ4v) is 5.77. The van der Waals surface area contributed by atoms with Crippen LogP contribution in [0.4, 0.5) is 10.5 Å². The minimum absolute atomic E-state index is 0.0439. The predicted molar refractivity (Wildman–Crippen MR) is 157 cm³/mol. The second-order valence-corrected chi connectivity index (χ2v) is 11.4. The van der Waals surface area contributed by atoms with Crippen molar-refractivity contribution in [1.82, 2.24) is 19.5 Å². The van der Waals surface area contributed by atoms with E-state index in [9.17, 15) is 19.2 Å². The molecular formula is C31H37N5O7. The van der Waals surface area contributed by atoms with Gasteiger partial charge in [-0.25, -0.2) is 23.9 Å². The number of carbonyl (C=O) groups excluding carboxylic acids is 4. The van der Waals surface area contributed by atoms with Gasteiger partial charge in [-0.2, -0.15) is 0 Å². The quantitative estimate of drug-likeness (QED) is 0.259. The highest BCUT2D eigenvalue weighted by Crippen LogP contribution is 2.41. The van der Waals surface area contributed by atoms with Crippen molar-refractivity contribution in [1.29, 1.82) is 0 Å².